The van der Waals surface area contributed by atoms with Gasteiger partial charge in [-0.05, 0) is 53.1 Å². The van der Waals surface area contributed by atoms with Gasteiger partial charge in [0.25, 0.3) is 0 Å². The Hall–Kier alpha value is -3.60. The van der Waals surface area contributed by atoms with E-state index in [2.05, 4.69) is 45.8 Å². The number of carbonyl (C=O) groups is 1. The van der Waals surface area contributed by atoms with Crippen molar-refractivity contribution in [3.8, 4) is 11.1 Å². The number of rotatable bonds is 6. The quantitative estimate of drug-likeness (QED) is 0.326. The maximum absolute atomic E-state index is 11.5. The summed E-state index contributed by atoms with van der Waals surface area (Å²) in [4.78, 5) is 11.5. The molecule has 162 valence electrons. The minimum atomic E-state index is -0.923. The maximum Gasteiger partial charge on any atom is 0.336 e. The molecule has 0 aliphatic heterocycles. The molecule has 5 rings (SSSR count). The van der Waals surface area contributed by atoms with Gasteiger partial charge in [-0.25, -0.2) is 4.79 Å². The summed E-state index contributed by atoms with van der Waals surface area (Å²) in [7, 11) is 0. The summed E-state index contributed by atoms with van der Waals surface area (Å²) >= 11 is 0. The Morgan fingerprint density at radius 3 is 2.53 bits per heavy atom. The zero-order valence-corrected chi connectivity index (χ0v) is 18.0. The largest absolute Gasteiger partial charge is 0.478 e. The first-order valence-corrected chi connectivity index (χ1v) is 11.3. The zero-order chi connectivity index (χ0) is 21.9. The van der Waals surface area contributed by atoms with Crippen LogP contribution in [0.15, 0.2) is 66.7 Å². The first-order chi connectivity index (χ1) is 15.7. The first-order valence-electron chi connectivity index (χ1n) is 11.3. The van der Waals surface area contributed by atoms with Gasteiger partial charge in [-0.1, -0.05) is 73.9 Å². The van der Waals surface area contributed by atoms with Crippen molar-refractivity contribution in [2.24, 2.45) is 0 Å². The number of fused-ring (bicyclic) bond motifs is 1. The number of aromatic carboxylic acids is 1. The molecule has 0 saturated heterocycles. The third-order valence-electron chi connectivity index (χ3n) is 6.58. The molecule has 0 unspecified atom stereocenters. The van der Waals surface area contributed by atoms with Gasteiger partial charge in [0.2, 0.25) is 0 Å². The number of nitrogens with zero attached hydrogens (tertiary/aromatic N) is 1. The minimum Gasteiger partial charge on any atom is -0.478 e. The molecule has 5 nitrogen and oxygen atoms in total. The van der Waals surface area contributed by atoms with Gasteiger partial charge in [-0.3, -0.25) is 5.10 Å². The number of carboxylic acids is 1. The zero-order valence-electron chi connectivity index (χ0n) is 18.0. The van der Waals surface area contributed by atoms with Gasteiger partial charge >= 0.3 is 5.97 Å². The Morgan fingerprint density at radius 1 is 0.969 bits per heavy atom. The number of carboxylic acid groups (broad SMARTS) is 1. The number of hydrogen-bond donors (Lipinski definition) is 3. The van der Waals surface area contributed by atoms with Gasteiger partial charge in [0.05, 0.1) is 16.5 Å². The van der Waals surface area contributed by atoms with Crippen LogP contribution in [0.1, 0.15) is 59.5 Å². The van der Waals surface area contributed by atoms with Gasteiger partial charge in [0.15, 0.2) is 5.82 Å². The van der Waals surface area contributed by atoms with Crippen LogP contribution >= 0.6 is 0 Å². The fraction of sp³-hybridized carbons (Fsp3) is 0.259. The van der Waals surface area contributed by atoms with Crippen LogP contribution in [-0.4, -0.2) is 21.3 Å². The molecule has 1 aliphatic rings. The van der Waals surface area contributed by atoms with E-state index in [1.807, 2.05) is 24.3 Å². The molecule has 3 aromatic carbocycles. The molecule has 0 amide bonds. The summed E-state index contributed by atoms with van der Waals surface area (Å²) in [6.07, 6.45) is 6.62. The van der Waals surface area contributed by atoms with E-state index >= 15 is 0 Å². The predicted molar refractivity (Wildman–Crippen MR) is 128 cm³/mol. The first kappa shape index (κ1) is 20.3. The molecule has 0 spiro atoms. The Morgan fingerprint density at radius 2 is 1.75 bits per heavy atom. The summed E-state index contributed by atoms with van der Waals surface area (Å²) in [5, 5.41) is 21.4. The van der Waals surface area contributed by atoms with E-state index in [1.165, 1.54) is 37.7 Å². The fourth-order valence-electron chi connectivity index (χ4n) is 4.87. The summed E-state index contributed by atoms with van der Waals surface area (Å²) in [5.74, 6) is 0.495. The smallest absolute Gasteiger partial charge is 0.336 e. The molecule has 5 heteroatoms. The van der Waals surface area contributed by atoms with Crippen LogP contribution in [0, 0.1) is 0 Å². The van der Waals surface area contributed by atoms with Crippen molar-refractivity contribution in [3.63, 3.8) is 0 Å². The molecule has 1 aromatic heterocycles. The molecule has 1 fully saturated rings. The van der Waals surface area contributed by atoms with Gasteiger partial charge in [-0.2, -0.15) is 5.10 Å². The average molecular weight is 426 g/mol. The molecule has 32 heavy (non-hydrogen) atoms. The molecule has 4 aromatic rings. The maximum atomic E-state index is 11.5. The lowest BCUT2D eigenvalue weighted by molar-refractivity contribution is 0.0696. The second-order valence-electron chi connectivity index (χ2n) is 8.57. The Labute approximate surface area is 187 Å². The number of nitrogens with one attached hydrogen (secondary N) is 2. The van der Waals surface area contributed by atoms with Crippen molar-refractivity contribution in [2.75, 3.05) is 5.32 Å². The van der Waals surface area contributed by atoms with E-state index < -0.39 is 5.97 Å². The lowest BCUT2D eigenvalue weighted by Crippen LogP contribution is -2.07. The molecule has 0 atom stereocenters. The molecule has 3 N–H and O–H groups in total. The minimum absolute atomic E-state index is 0.304. The highest BCUT2D eigenvalue weighted by Crippen LogP contribution is 2.36. The third kappa shape index (κ3) is 3.98. The molecule has 1 saturated carbocycles. The summed E-state index contributed by atoms with van der Waals surface area (Å²) in [5.41, 5.74) is 5.69. The number of aromatic amines is 1. The summed E-state index contributed by atoms with van der Waals surface area (Å²) in [6, 6.07) is 22.2. The van der Waals surface area contributed by atoms with Gasteiger partial charge in [0, 0.05) is 6.54 Å². The van der Waals surface area contributed by atoms with E-state index in [1.54, 1.807) is 12.1 Å². The normalized spacial score (nSPS) is 14.5. The van der Waals surface area contributed by atoms with Crippen LogP contribution in [0.4, 0.5) is 5.82 Å². The van der Waals surface area contributed by atoms with Gasteiger partial charge in [0.1, 0.15) is 0 Å². The van der Waals surface area contributed by atoms with Crippen LogP contribution < -0.4 is 5.32 Å². The van der Waals surface area contributed by atoms with Gasteiger partial charge in [-0.15, -0.1) is 0 Å². The Bertz CT molecular complexity index is 1240. The molecule has 1 aliphatic carbocycles. The number of H-pyrrole nitrogens is 1. The van der Waals surface area contributed by atoms with Crippen molar-refractivity contribution in [1.82, 2.24) is 10.2 Å². The van der Waals surface area contributed by atoms with Crippen molar-refractivity contribution in [2.45, 2.75) is 44.6 Å². The van der Waals surface area contributed by atoms with Crippen LogP contribution in [0.5, 0.6) is 0 Å². The van der Waals surface area contributed by atoms with Crippen molar-refractivity contribution in [3.05, 3.63) is 83.4 Å². The molecular weight excluding hydrogens is 398 g/mol. The Balaban J connectivity index is 1.44. The second-order valence-corrected chi connectivity index (χ2v) is 8.57. The van der Waals surface area contributed by atoms with Crippen LogP contribution in [0.25, 0.3) is 22.0 Å². The summed E-state index contributed by atoms with van der Waals surface area (Å²) in [6.45, 7) is 0.386. The monoisotopic (exact) mass is 425 g/mol. The molecule has 1 heterocycles. The van der Waals surface area contributed by atoms with E-state index in [0.29, 0.717) is 18.0 Å². The molecule has 0 radical (unpaired) electrons. The number of anilines is 1. The SMILES string of the molecule is O=C(O)c1ccccc1CNc1n[nH]c2cccc(-c3ccc(C4CCCCC4)cc3)c12. The van der Waals surface area contributed by atoms with Crippen molar-refractivity contribution in [1.29, 1.82) is 0 Å². The topological polar surface area (TPSA) is 78.0 Å². The van der Waals surface area contributed by atoms with Crippen LogP contribution in [0.3, 0.4) is 0 Å². The van der Waals surface area contributed by atoms with Crippen molar-refractivity contribution >= 4 is 22.7 Å². The van der Waals surface area contributed by atoms with E-state index in [0.717, 1.165) is 33.4 Å². The summed E-state index contributed by atoms with van der Waals surface area (Å²) < 4.78 is 0. The Kier molecular flexibility index (Phi) is 5.63. The van der Waals surface area contributed by atoms with E-state index in [-0.39, 0.29) is 0 Å². The lowest BCUT2D eigenvalue weighted by atomic mass is 9.83. The standard InChI is InChI=1S/C27H27N3O2/c31-27(32)23-10-5-4-9-21(23)17-28-26-25-22(11-6-12-24(25)29-30-26)20-15-13-19(14-16-20)18-7-2-1-3-8-18/h4-6,9-16,18H,1-3,7-8,17H2,(H,31,32)(H2,28,29,30). The highest BCUT2D eigenvalue weighted by atomic mass is 16.4. The van der Waals surface area contributed by atoms with Crippen LogP contribution in [0.2, 0.25) is 0 Å². The highest BCUT2D eigenvalue weighted by Gasteiger charge is 2.17. The molecular formula is C27H27N3O2. The predicted octanol–water partition coefficient (Wildman–Crippen LogP) is 6.59. The van der Waals surface area contributed by atoms with E-state index in [4.69, 9.17) is 0 Å². The molecule has 0 bridgehead atoms. The lowest BCUT2D eigenvalue weighted by Gasteiger charge is -2.22. The number of benzene rings is 3. The van der Waals surface area contributed by atoms with Crippen molar-refractivity contribution < 1.29 is 9.90 Å². The second kappa shape index (κ2) is 8.87. The third-order valence-corrected chi connectivity index (χ3v) is 6.58. The highest BCUT2D eigenvalue weighted by molar-refractivity contribution is 6.02. The van der Waals surface area contributed by atoms with E-state index in [9.17, 15) is 9.90 Å². The average Bonchev–Trinajstić information content (AvgIpc) is 3.27. The van der Waals surface area contributed by atoms with Crippen LogP contribution in [-0.2, 0) is 6.54 Å². The number of hydrogen-bond acceptors (Lipinski definition) is 3. The number of aromatic nitrogens is 2. The fourth-order valence-corrected chi connectivity index (χ4v) is 4.87. The van der Waals surface area contributed by atoms with Gasteiger partial charge < -0.3 is 10.4 Å².